The normalized spacial score (nSPS) is 15.6. The van der Waals surface area contributed by atoms with Crippen molar-refractivity contribution in [1.29, 1.82) is 0 Å². The second kappa shape index (κ2) is 3.67. The maximum atomic E-state index is 9.03. The lowest BCUT2D eigenvalue weighted by atomic mass is 10.4. The average Bonchev–Trinajstić information content (AvgIpc) is 3.03. The summed E-state index contributed by atoms with van der Waals surface area (Å²) in [5.74, 6) is 0.816. The van der Waals surface area contributed by atoms with E-state index in [4.69, 9.17) is 5.11 Å². The fourth-order valence-electron chi connectivity index (χ4n) is 1.77. The third-order valence-corrected chi connectivity index (χ3v) is 2.68. The van der Waals surface area contributed by atoms with Gasteiger partial charge in [0.2, 0.25) is 0 Å². The van der Waals surface area contributed by atoms with Crippen molar-refractivity contribution in [1.82, 2.24) is 25.3 Å². The molecule has 1 N–H and O–H groups in total. The van der Waals surface area contributed by atoms with Gasteiger partial charge in [0.1, 0.15) is 0 Å². The minimum Gasteiger partial charge on any atom is -0.395 e. The standard InChI is InChI=1S/C9H12N6O/c16-6-5-14(7-1-2-7)9-4-3-8-10-12-13-15(8)11-9/h3-4,7,16H,1-2,5-6H2. The van der Waals surface area contributed by atoms with Crippen molar-refractivity contribution in [2.75, 3.05) is 18.1 Å². The topological polar surface area (TPSA) is 79.4 Å². The van der Waals surface area contributed by atoms with E-state index in [0.717, 1.165) is 18.7 Å². The van der Waals surface area contributed by atoms with E-state index in [1.165, 1.54) is 4.63 Å². The smallest absolute Gasteiger partial charge is 0.200 e. The Hall–Kier alpha value is -1.76. The van der Waals surface area contributed by atoms with Gasteiger partial charge in [-0.1, -0.05) is 0 Å². The summed E-state index contributed by atoms with van der Waals surface area (Å²) in [4.78, 5) is 2.10. The van der Waals surface area contributed by atoms with Crippen molar-refractivity contribution in [3.63, 3.8) is 0 Å². The van der Waals surface area contributed by atoms with Crippen LogP contribution in [0.2, 0.25) is 0 Å². The maximum absolute atomic E-state index is 9.03. The molecule has 1 aliphatic carbocycles. The summed E-state index contributed by atoms with van der Waals surface area (Å²) >= 11 is 0. The van der Waals surface area contributed by atoms with Crippen molar-refractivity contribution in [3.8, 4) is 0 Å². The number of anilines is 1. The molecule has 0 aliphatic heterocycles. The summed E-state index contributed by atoms with van der Waals surface area (Å²) < 4.78 is 1.40. The molecule has 0 bridgehead atoms. The molecule has 0 atom stereocenters. The van der Waals surface area contributed by atoms with Gasteiger partial charge < -0.3 is 10.0 Å². The molecule has 0 spiro atoms. The Balaban J connectivity index is 1.95. The molecule has 7 nitrogen and oxygen atoms in total. The number of aromatic nitrogens is 5. The molecule has 1 aliphatic rings. The SMILES string of the molecule is OCCN(c1ccc2nnnn2n1)C1CC1. The van der Waals surface area contributed by atoms with Gasteiger partial charge in [-0.2, -0.15) is 0 Å². The second-order valence-corrected chi connectivity index (χ2v) is 3.87. The molecular formula is C9H12N6O. The van der Waals surface area contributed by atoms with Crippen LogP contribution in [0.15, 0.2) is 12.1 Å². The van der Waals surface area contributed by atoms with E-state index >= 15 is 0 Å². The first-order valence-corrected chi connectivity index (χ1v) is 5.31. The van der Waals surface area contributed by atoms with Crippen molar-refractivity contribution < 1.29 is 5.11 Å². The first kappa shape index (κ1) is 9.46. The van der Waals surface area contributed by atoms with Gasteiger partial charge in [0.25, 0.3) is 0 Å². The molecule has 2 aromatic heterocycles. The molecule has 1 saturated carbocycles. The summed E-state index contributed by atoms with van der Waals surface area (Å²) in [6.45, 7) is 0.733. The quantitative estimate of drug-likeness (QED) is 0.747. The molecule has 2 heterocycles. The van der Waals surface area contributed by atoms with Crippen LogP contribution in [0.1, 0.15) is 12.8 Å². The van der Waals surface area contributed by atoms with Crippen LogP contribution in [-0.2, 0) is 0 Å². The molecule has 84 valence electrons. The van der Waals surface area contributed by atoms with Gasteiger partial charge in [0.05, 0.1) is 6.61 Å². The fraction of sp³-hybridized carbons (Fsp3) is 0.556. The van der Waals surface area contributed by atoms with Gasteiger partial charge in [-0.25, -0.2) is 0 Å². The average molecular weight is 220 g/mol. The van der Waals surface area contributed by atoms with Gasteiger partial charge in [0.15, 0.2) is 11.5 Å². The molecule has 0 amide bonds. The monoisotopic (exact) mass is 220 g/mol. The number of aliphatic hydroxyl groups excluding tert-OH is 1. The predicted molar refractivity (Wildman–Crippen MR) is 56.0 cm³/mol. The lowest BCUT2D eigenvalue weighted by Gasteiger charge is -2.21. The Morgan fingerprint density at radius 2 is 2.31 bits per heavy atom. The van der Waals surface area contributed by atoms with Crippen LogP contribution in [0.4, 0.5) is 5.82 Å². The molecular weight excluding hydrogens is 208 g/mol. The van der Waals surface area contributed by atoms with E-state index in [1.54, 1.807) is 0 Å². The fourth-order valence-corrected chi connectivity index (χ4v) is 1.77. The predicted octanol–water partition coefficient (Wildman–Crippen LogP) is -0.520. The maximum Gasteiger partial charge on any atom is 0.200 e. The van der Waals surface area contributed by atoms with Crippen LogP contribution >= 0.6 is 0 Å². The van der Waals surface area contributed by atoms with Crippen molar-refractivity contribution in [2.24, 2.45) is 0 Å². The van der Waals surface area contributed by atoms with E-state index in [9.17, 15) is 0 Å². The van der Waals surface area contributed by atoms with E-state index in [1.807, 2.05) is 12.1 Å². The highest BCUT2D eigenvalue weighted by Crippen LogP contribution is 2.29. The summed E-state index contributed by atoms with van der Waals surface area (Å²) in [6, 6.07) is 4.22. The number of hydrogen-bond acceptors (Lipinski definition) is 6. The van der Waals surface area contributed by atoms with Crippen LogP contribution in [0.25, 0.3) is 5.65 Å². The Labute approximate surface area is 91.7 Å². The van der Waals surface area contributed by atoms with Crippen LogP contribution in [-0.4, -0.2) is 49.6 Å². The Morgan fingerprint density at radius 3 is 3.06 bits per heavy atom. The Bertz CT molecular complexity index is 493. The van der Waals surface area contributed by atoms with Gasteiger partial charge in [-0.05, 0) is 35.4 Å². The van der Waals surface area contributed by atoms with E-state index < -0.39 is 0 Å². The zero-order chi connectivity index (χ0) is 11.0. The van der Waals surface area contributed by atoms with Gasteiger partial charge >= 0.3 is 0 Å². The molecule has 7 heteroatoms. The number of rotatable bonds is 4. The van der Waals surface area contributed by atoms with E-state index in [2.05, 4.69) is 25.5 Å². The molecule has 0 aromatic carbocycles. The first-order chi connectivity index (χ1) is 7.88. The highest BCUT2D eigenvalue weighted by molar-refractivity contribution is 5.46. The molecule has 1 fully saturated rings. The van der Waals surface area contributed by atoms with Crippen LogP contribution < -0.4 is 4.90 Å². The summed E-state index contributed by atoms with van der Waals surface area (Å²) in [6.07, 6.45) is 2.32. The van der Waals surface area contributed by atoms with Crippen LogP contribution in [0.3, 0.4) is 0 Å². The summed E-state index contributed by atoms with van der Waals surface area (Å²) in [5, 5.41) is 24.4. The summed E-state index contributed by atoms with van der Waals surface area (Å²) in [5.41, 5.74) is 0.628. The Kier molecular flexibility index (Phi) is 2.17. The lowest BCUT2D eigenvalue weighted by molar-refractivity contribution is 0.301. The van der Waals surface area contributed by atoms with Gasteiger partial charge in [0, 0.05) is 12.6 Å². The highest BCUT2D eigenvalue weighted by Gasteiger charge is 2.29. The second-order valence-electron chi connectivity index (χ2n) is 3.87. The third-order valence-electron chi connectivity index (χ3n) is 2.68. The van der Waals surface area contributed by atoms with E-state index in [-0.39, 0.29) is 6.61 Å². The van der Waals surface area contributed by atoms with E-state index in [0.29, 0.717) is 18.2 Å². The lowest BCUT2D eigenvalue weighted by Crippen LogP contribution is -2.30. The zero-order valence-corrected chi connectivity index (χ0v) is 8.69. The van der Waals surface area contributed by atoms with Gasteiger partial charge in [-0.3, -0.25) is 0 Å². The van der Waals surface area contributed by atoms with Crippen LogP contribution in [0, 0.1) is 0 Å². The van der Waals surface area contributed by atoms with Crippen LogP contribution in [0.5, 0.6) is 0 Å². The van der Waals surface area contributed by atoms with Crippen molar-refractivity contribution >= 4 is 11.5 Å². The molecule has 2 aromatic rings. The van der Waals surface area contributed by atoms with Crippen molar-refractivity contribution in [3.05, 3.63) is 12.1 Å². The number of hydrogen-bond donors (Lipinski definition) is 1. The molecule has 16 heavy (non-hydrogen) atoms. The minimum atomic E-state index is 0.131. The largest absolute Gasteiger partial charge is 0.395 e. The minimum absolute atomic E-state index is 0.131. The van der Waals surface area contributed by atoms with Crippen molar-refractivity contribution in [2.45, 2.75) is 18.9 Å². The Morgan fingerprint density at radius 1 is 1.44 bits per heavy atom. The first-order valence-electron chi connectivity index (χ1n) is 5.31. The number of aliphatic hydroxyl groups is 1. The highest BCUT2D eigenvalue weighted by atomic mass is 16.3. The molecule has 0 radical (unpaired) electrons. The number of tetrazole rings is 1. The number of fused-ring (bicyclic) bond motifs is 1. The zero-order valence-electron chi connectivity index (χ0n) is 8.69. The molecule has 0 unspecified atom stereocenters. The number of nitrogens with zero attached hydrogens (tertiary/aromatic N) is 6. The summed E-state index contributed by atoms with van der Waals surface area (Å²) in [7, 11) is 0. The third kappa shape index (κ3) is 1.58. The molecule has 3 rings (SSSR count). The molecule has 0 saturated heterocycles. The van der Waals surface area contributed by atoms with Gasteiger partial charge in [-0.15, -0.1) is 14.8 Å².